The van der Waals surface area contributed by atoms with Gasteiger partial charge in [-0.2, -0.15) is 5.10 Å². The summed E-state index contributed by atoms with van der Waals surface area (Å²) in [5, 5.41) is 4.30. The van der Waals surface area contributed by atoms with Crippen molar-refractivity contribution in [2.24, 2.45) is 18.8 Å². The fraction of sp³-hybridized carbons (Fsp3) is 0.786. The molecule has 2 atom stereocenters. The molecule has 1 rings (SSSR count). The maximum Gasteiger partial charge on any atom is 0.0540 e. The molecule has 0 aliphatic rings. The molecule has 4 heteroatoms. The number of aromatic nitrogens is 2. The molecule has 0 amide bonds. The van der Waals surface area contributed by atoms with Crippen molar-refractivity contribution in [3.63, 3.8) is 0 Å². The lowest BCUT2D eigenvalue weighted by molar-refractivity contribution is 0.355. The van der Waals surface area contributed by atoms with E-state index < -0.39 is 0 Å². The topological polar surface area (TPSA) is 55.9 Å². The van der Waals surface area contributed by atoms with Crippen molar-refractivity contribution in [2.45, 2.75) is 58.9 Å². The summed E-state index contributed by atoms with van der Waals surface area (Å²) in [6, 6.07) is 0.223. The molecule has 0 fully saturated rings. The maximum absolute atomic E-state index is 5.73. The summed E-state index contributed by atoms with van der Waals surface area (Å²) in [7, 11) is 1.97. The van der Waals surface area contributed by atoms with E-state index in [1.54, 1.807) is 0 Å². The molecular formula is C14H28N4. The molecule has 3 N–H and O–H groups in total. The standard InChI is InChI=1S/C14H28N4/c1-5-7-8-12(6-2)9-14(17-15)13-10-16-18(4)11(13)3/h10,12,14,17H,5-9,15H2,1-4H3. The van der Waals surface area contributed by atoms with Gasteiger partial charge in [0.05, 0.1) is 6.20 Å². The van der Waals surface area contributed by atoms with Crippen molar-refractivity contribution in [1.29, 1.82) is 0 Å². The number of hydrazine groups is 1. The smallest absolute Gasteiger partial charge is 0.0540 e. The van der Waals surface area contributed by atoms with Crippen molar-refractivity contribution < 1.29 is 0 Å². The fourth-order valence-electron chi connectivity index (χ4n) is 2.46. The van der Waals surface area contributed by atoms with Gasteiger partial charge in [-0.1, -0.05) is 39.5 Å². The Morgan fingerprint density at radius 3 is 2.61 bits per heavy atom. The lowest BCUT2D eigenvalue weighted by Crippen LogP contribution is -2.30. The second-order valence-corrected chi connectivity index (χ2v) is 5.18. The van der Waals surface area contributed by atoms with Crippen molar-refractivity contribution >= 4 is 0 Å². The third-order valence-electron chi connectivity index (χ3n) is 3.96. The third kappa shape index (κ3) is 3.82. The number of hydrogen-bond donors (Lipinski definition) is 2. The molecule has 0 saturated heterocycles. The largest absolute Gasteiger partial charge is 0.273 e. The van der Waals surface area contributed by atoms with Gasteiger partial charge in [-0.05, 0) is 19.3 Å². The van der Waals surface area contributed by atoms with Gasteiger partial charge in [0.15, 0.2) is 0 Å². The fourth-order valence-corrected chi connectivity index (χ4v) is 2.46. The highest BCUT2D eigenvalue weighted by Crippen LogP contribution is 2.27. The average molecular weight is 252 g/mol. The summed E-state index contributed by atoms with van der Waals surface area (Å²) in [5.41, 5.74) is 5.39. The van der Waals surface area contributed by atoms with E-state index in [9.17, 15) is 0 Å². The summed E-state index contributed by atoms with van der Waals surface area (Å²) in [6.45, 7) is 6.61. The zero-order chi connectivity index (χ0) is 13.5. The zero-order valence-corrected chi connectivity index (χ0v) is 12.2. The minimum absolute atomic E-state index is 0.223. The number of aryl methyl sites for hydroxylation is 1. The van der Waals surface area contributed by atoms with Gasteiger partial charge < -0.3 is 0 Å². The highest BCUT2D eigenvalue weighted by molar-refractivity contribution is 5.20. The Balaban J connectivity index is 2.68. The van der Waals surface area contributed by atoms with Crippen LogP contribution in [0.5, 0.6) is 0 Å². The summed E-state index contributed by atoms with van der Waals surface area (Å²) < 4.78 is 1.91. The lowest BCUT2D eigenvalue weighted by Gasteiger charge is -2.22. The van der Waals surface area contributed by atoms with E-state index in [1.807, 2.05) is 17.9 Å². The summed E-state index contributed by atoms with van der Waals surface area (Å²) in [5.74, 6) is 6.47. The van der Waals surface area contributed by atoms with E-state index in [4.69, 9.17) is 5.84 Å². The molecule has 0 saturated carbocycles. The third-order valence-corrected chi connectivity index (χ3v) is 3.96. The lowest BCUT2D eigenvalue weighted by atomic mass is 9.89. The Morgan fingerprint density at radius 1 is 1.44 bits per heavy atom. The van der Waals surface area contributed by atoms with Crippen molar-refractivity contribution in [2.75, 3.05) is 0 Å². The summed E-state index contributed by atoms with van der Waals surface area (Å²) >= 11 is 0. The van der Waals surface area contributed by atoms with Crippen LogP contribution in [0.4, 0.5) is 0 Å². The van der Waals surface area contributed by atoms with Gasteiger partial charge in [-0.15, -0.1) is 0 Å². The maximum atomic E-state index is 5.73. The molecule has 0 spiro atoms. The van der Waals surface area contributed by atoms with Crippen molar-refractivity contribution in [3.05, 3.63) is 17.5 Å². The predicted octanol–water partition coefficient (Wildman–Crippen LogP) is 2.84. The quantitative estimate of drug-likeness (QED) is 0.552. The van der Waals surface area contributed by atoms with E-state index in [1.165, 1.54) is 36.9 Å². The molecular weight excluding hydrogens is 224 g/mol. The van der Waals surface area contributed by atoms with Gasteiger partial charge in [-0.25, -0.2) is 0 Å². The molecule has 4 nitrogen and oxygen atoms in total. The van der Waals surface area contributed by atoms with E-state index in [0.717, 1.165) is 12.3 Å². The highest BCUT2D eigenvalue weighted by Gasteiger charge is 2.19. The van der Waals surface area contributed by atoms with Crippen LogP contribution < -0.4 is 11.3 Å². The van der Waals surface area contributed by atoms with Gasteiger partial charge in [0.1, 0.15) is 0 Å². The second kappa shape index (κ2) is 7.54. The second-order valence-electron chi connectivity index (χ2n) is 5.18. The minimum Gasteiger partial charge on any atom is -0.273 e. The van der Waals surface area contributed by atoms with Gasteiger partial charge in [0.25, 0.3) is 0 Å². The molecule has 18 heavy (non-hydrogen) atoms. The molecule has 0 bridgehead atoms. The van der Waals surface area contributed by atoms with Crippen molar-refractivity contribution in [1.82, 2.24) is 15.2 Å². The average Bonchev–Trinajstić information content (AvgIpc) is 2.71. The van der Waals surface area contributed by atoms with E-state index in [2.05, 4.69) is 31.3 Å². The molecule has 2 unspecified atom stereocenters. The van der Waals surface area contributed by atoms with Crippen LogP contribution in [0.1, 0.15) is 63.3 Å². The van der Waals surface area contributed by atoms with Crippen LogP contribution in [0.2, 0.25) is 0 Å². The molecule has 0 aliphatic heterocycles. The first-order valence-electron chi connectivity index (χ1n) is 7.08. The van der Waals surface area contributed by atoms with Gasteiger partial charge >= 0.3 is 0 Å². The number of nitrogens with one attached hydrogen (secondary N) is 1. The Kier molecular flexibility index (Phi) is 6.36. The van der Waals surface area contributed by atoms with Gasteiger partial charge in [-0.3, -0.25) is 16.0 Å². The molecule has 104 valence electrons. The SMILES string of the molecule is CCCCC(CC)CC(NN)c1cnn(C)c1C. The highest BCUT2D eigenvalue weighted by atomic mass is 15.3. The van der Waals surface area contributed by atoms with E-state index in [0.29, 0.717) is 0 Å². The van der Waals surface area contributed by atoms with Crippen molar-refractivity contribution in [3.8, 4) is 0 Å². The first-order chi connectivity index (χ1) is 8.63. The molecule has 1 aromatic rings. The normalized spacial score (nSPS) is 14.7. The van der Waals surface area contributed by atoms with Crippen LogP contribution in [0.3, 0.4) is 0 Å². The number of hydrogen-bond acceptors (Lipinski definition) is 3. The molecule has 1 aromatic heterocycles. The monoisotopic (exact) mass is 252 g/mol. The van der Waals surface area contributed by atoms with Crippen LogP contribution in [0.25, 0.3) is 0 Å². The van der Waals surface area contributed by atoms with Crippen LogP contribution in [0, 0.1) is 12.8 Å². The molecule has 0 aromatic carbocycles. The van der Waals surface area contributed by atoms with E-state index >= 15 is 0 Å². The number of nitrogens with two attached hydrogens (primary N) is 1. The van der Waals surface area contributed by atoms with Crippen LogP contribution in [-0.2, 0) is 7.05 Å². The zero-order valence-electron chi connectivity index (χ0n) is 12.2. The van der Waals surface area contributed by atoms with Crippen LogP contribution in [0.15, 0.2) is 6.20 Å². The van der Waals surface area contributed by atoms with Gasteiger partial charge in [0, 0.05) is 24.3 Å². The van der Waals surface area contributed by atoms with Gasteiger partial charge in [0.2, 0.25) is 0 Å². The minimum atomic E-state index is 0.223. The predicted molar refractivity (Wildman–Crippen MR) is 75.9 cm³/mol. The van der Waals surface area contributed by atoms with Crippen LogP contribution in [-0.4, -0.2) is 9.78 Å². The molecule has 1 heterocycles. The Morgan fingerprint density at radius 2 is 2.17 bits per heavy atom. The summed E-state index contributed by atoms with van der Waals surface area (Å²) in [4.78, 5) is 0. The Hall–Kier alpha value is -0.870. The molecule has 0 aliphatic carbocycles. The number of nitrogens with zero attached hydrogens (tertiary/aromatic N) is 2. The first kappa shape index (κ1) is 15.2. The summed E-state index contributed by atoms with van der Waals surface area (Å²) in [6.07, 6.45) is 8.12. The van der Waals surface area contributed by atoms with Crippen LogP contribution >= 0.6 is 0 Å². The Labute approximate surface area is 111 Å². The first-order valence-corrected chi connectivity index (χ1v) is 7.08. The Bertz CT molecular complexity index is 346. The number of unbranched alkanes of at least 4 members (excludes halogenated alkanes) is 1. The van der Waals surface area contributed by atoms with E-state index in [-0.39, 0.29) is 6.04 Å². The number of rotatable bonds is 8. The molecule has 0 radical (unpaired) electrons.